The van der Waals surface area contributed by atoms with Gasteiger partial charge in [-0.05, 0) is 34.7 Å². The first-order chi connectivity index (χ1) is 14.5. The summed E-state index contributed by atoms with van der Waals surface area (Å²) >= 11 is 1.19. The maximum absolute atomic E-state index is 12.3. The van der Waals surface area contributed by atoms with Crippen molar-refractivity contribution in [2.45, 2.75) is 12.1 Å². The molecule has 1 heterocycles. The van der Waals surface area contributed by atoms with E-state index in [1.165, 1.54) is 23.4 Å². The van der Waals surface area contributed by atoms with Gasteiger partial charge in [0.2, 0.25) is 17.0 Å². The van der Waals surface area contributed by atoms with E-state index in [0.717, 1.165) is 0 Å². The number of nitrogens with one attached hydrogen (secondary N) is 2. The highest BCUT2D eigenvalue weighted by Crippen LogP contribution is 2.27. The van der Waals surface area contributed by atoms with Gasteiger partial charge in [0.1, 0.15) is 11.5 Å². The van der Waals surface area contributed by atoms with Crippen molar-refractivity contribution in [2.24, 2.45) is 0 Å². The molecule has 3 rings (SSSR count). The Kier molecular flexibility index (Phi) is 6.86. The topological polar surface area (TPSA) is 120 Å². The zero-order valence-electron chi connectivity index (χ0n) is 16.6. The predicted octanol–water partition coefficient (Wildman–Crippen LogP) is 2.37. The fourth-order valence-electron chi connectivity index (χ4n) is 2.51. The van der Waals surface area contributed by atoms with E-state index in [0.29, 0.717) is 33.7 Å². The third kappa shape index (κ3) is 5.47. The molecule has 1 aromatic heterocycles. The minimum Gasteiger partial charge on any atom is -0.497 e. The number of thioether (sulfide) groups is 1. The molecule has 0 aliphatic rings. The number of carbonyl (C=O) groups is 2. The minimum absolute atomic E-state index is 0.106. The highest BCUT2D eigenvalue weighted by molar-refractivity contribution is 7.99. The molecule has 0 unspecified atom stereocenters. The van der Waals surface area contributed by atoms with E-state index < -0.39 is 0 Å². The lowest BCUT2D eigenvalue weighted by molar-refractivity contribution is -0.114. The first kappa shape index (κ1) is 21.1. The van der Waals surface area contributed by atoms with Crippen LogP contribution in [0.5, 0.6) is 11.5 Å². The van der Waals surface area contributed by atoms with Gasteiger partial charge in [-0.25, -0.2) is 0 Å². The van der Waals surface area contributed by atoms with Gasteiger partial charge in [-0.2, -0.15) is 4.68 Å². The Morgan fingerprint density at radius 2 is 1.60 bits per heavy atom. The van der Waals surface area contributed by atoms with E-state index in [1.807, 2.05) is 0 Å². The maximum Gasteiger partial charge on any atom is 0.234 e. The summed E-state index contributed by atoms with van der Waals surface area (Å²) in [7, 11) is 3.11. The van der Waals surface area contributed by atoms with Crippen LogP contribution < -0.4 is 20.1 Å². The number of ether oxygens (including phenoxy) is 2. The van der Waals surface area contributed by atoms with Crippen LogP contribution in [0.15, 0.2) is 47.6 Å². The molecule has 30 heavy (non-hydrogen) atoms. The van der Waals surface area contributed by atoms with Crippen molar-refractivity contribution in [3.8, 4) is 17.2 Å². The number of benzene rings is 2. The number of carbonyl (C=O) groups excluding carboxylic acids is 2. The van der Waals surface area contributed by atoms with Crippen LogP contribution in [0, 0.1) is 0 Å². The minimum atomic E-state index is -0.218. The Hall–Kier alpha value is -3.60. The van der Waals surface area contributed by atoms with Crippen LogP contribution >= 0.6 is 11.8 Å². The van der Waals surface area contributed by atoms with Crippen LogP contribution in [0.1, 0.15) is 6.92 Å². The fourth-order valence-corrected chi connectivity index (χ4v) is 3.20. The van der Waals surface area contributed by atoms with E-state index in [-0.39, 0.29) is 17.6 Å². The number of anilines is 2. The number of hydrogen-bond acceptors (Lipinski definition) is 8. The summed E-state index contributed by atoms with van der Waals surface area (Å²) in [5, 5.41) is 17.6. The third-order valence-corrected chi connectivity index (χ3v) is 4.76. The third-order valence-electron chi connectivity index (χ3n) is 3.84. The van der Waals surface area contributed by atoms with E-state index >= 15 is 0 Å². The second kappa shape index (κ2) is 9.74. The van der Waals surface area contributed by atoms with Crippen LogP contribution in [0.3, 0.4) is 0 Å². The summed E-state index contributed by atoms with van der Waals surface area (Å²) in [5.41, 5.74) is 1.92. The molecule has 0 radical (unpaired) electrons. The van der Waals surface area contributed by atoms with Crippen LogP contribution in [0.2, 0.25) is 0 Å². The zero-order chi connectivity index (χ0) is 21.5. The summed E-state index contributed by atoms with van der Waals surface area (Å²) in [5.74, 6) is 0.918. The van der Waals surface area contributed by atoms with Gasteiger partial charge < -0.3 is 20.1 Å². The highest BCUT2D eigenvalue weighted by Gasteiger charge is 2.14. The van der Waals surface area contributed by atoms with Crippen LogP contribution in [-0.2, 0) is 9.59 Å². The molecule has 156 valence electrons. The average Bonchev–Trinajstić information content (AvgIpc) is 3.21. The van der Waals surface area contributed by atoms with Crippen molar-refractivity contribution in [3.63, 3.8) is 0 Å². The average molecular weight is 428 g/mol. The number of rotatable bonds is 8. The van der Waals surface area contributed by atoms with E-state index in [2.05, 4.69) is 26.2 Å². The Morgan fingerprint density at radius 1 is 1.00 bits per heavy atom. The summed E-state index contributed by atoms with van der Waals surface area (Å²) < 4.78 is 12.1. The quantitative estimate of drug-likeness (QED) is 0.525. The lowest BCUT2D eigenvalue weighted by Gasteiger charge is -2.09. The molecule has 0 aliphatic heterocycles. The van der Waals surface area contributed by atoms with Gasteiger partial charge in [-0.1, -0.05) is 11.8 Å². The van der Waals surface area contributed by atoms with Gasteiger partial charge in [0.05, 0.1) is 25.7 Å². The molecule has 0 saturated heterocycles. The number of amides is 2. The molecule has 0 saturated carbocycles. The lowest BCUT2D eigenvalue weighted by Crippen LogP contribution is -2.14. The molecule has 0 atom stereocenters. The van der Waals surface area contributed by atoms with Gasteiger partial charge >= 0.3 is 0 Å². The highest BCUT2D eigenvalue weighted by atomic mass is 32.2. The molecular formula is C19H20N6O4S. The van der Waals surface area contributed by atoms with Gasteiger partial charge in [0.15, 0.2) is 0 Å². The van der Waals surface area contributed by atoms with Crippen molar-refractivity contribution >= 4 is 35.0 Å². The molecule has 2 amide bonds. The van der Waals surface area contributed by atoms with Crippen molar-refractivity contribution in [3.05, 3.63) is 42.5 Å². The first-order valence-electron chi connectivity index (χ1n) is 8.80. The summed E-state index contributed by atoms with van der Waals surface area (Å²) in [6.45, 7) is 1.43. The molecule has 2 aromatic carbocycles. The van der Waals surface area contributed by atoms with Crippen molar-refractivity contribution in [1.82, 2.24) is 20.2 Å². The summed E-state index contributed by atoms with van der Waals surface area (Å²) in [6, 6.07) is 12.1. The number of nitrogens with zero attached hydrogens (tertiary/aromatic N) is 4. The van der Waals surface area contributed by atoms with Gasteiger partial charge in [-0.15, -0.1) is 5.10 Å². The predicted molar refractivity (Wildman–Crippen MR) is 112 cm³/mol. The monoisotopic (exact) mass is 428 g/mol. The smallest absolute Gasteiger partial charge is 0.234 e. The second-order valence-electron chi connectivity index (χ2n) is 6.04. The Labute approximate surface area is 176 Å². The van der Waals surface area contributed by atoms with E-state index in [9.17, 15) is 9.59 Å². The number of tetrazole rings is 1. The molecule has 3 aromatic rings. The Bertz CT molecular complexity index is 1020. The van der Waals surface area contributed by atoms with Gasteiger partial charge in [0, 0.05) is 36.5 Å². The molecule has 0 bridgehead atoms. The van der Waals surface area contributed by atoms with Gasteiger partial charge in [-0.3, -0.25) is 9.59 Å². The lowest BCUT2D eigenvalue weighted by atomic mass is 10.3. The molecule has 0 fully saturated rings. The van der Waals surface area contributed by atoms with Gasteiger partial charge in [0.25, 0.3) is 0 Å². The number of hydrogen-bond donors (Lipinski definition) is 2. The molecule has 0 aliphatic carbocycles. The summed E-state index contributed by atoms with van der Waals surface area (Å²) in [4.78, 5) is 23.4. The second-order valence-corrected chi connectivity index (χ2v) is 6.98. The largest absolute Gasteiger partial charge is 0.497 e. The molecule has 0 spiro atoms. The van der Waals surface area contributed by atoms with Crippen LogP contribution in [0.25, 0.3) is 5.69 Å². The van der Waals surface area contributed by atoms with Crippen molar-refractivity contribution < 1.29 is 19.1 Å². The number of aromatic nitrogens is 4. The molecule has 11 heteroatoms. The first-order valence-corrected chi connectivity index (χ1v) is 9.79. The van der Waals surface area contributed by atoms with E-state index in [1.54, 1.807) is 56.7 Å². The fraction of sp³-hybridized carbons (Fsp3) is 0.211. The van der Waals surface area contributed by atoms with Crippen molar-refractivity contribution in [2.75, 3.05) is 30.6 Å². The standard InChI is InChI=1S/C19H20N6O4S/c1-12(26)20-13-4-6-14(7-5-13)21-18(27)11-30-19-22-23-24-25(19)15-8-16(28-2)10-17(9-15)29-3/h4-10H,11H2,1-3H3,(H,20,26)(H,21,27). The molecule has 10 nitrogen and oxygen atoms in total. The Morgan fingerprint density at radius 3 is 2.17 bits per heavy atom. The normalized spacial score (nSPS) is 10.4. The van der Waals surface area contributed by atoms with Crippen LogP contribution in [0.4, 0.5) is 11.4 Å². The molecular weight excluding hydrogens is 408 g/mol. The van der Waals surface area contributed by atoms with Crippen LogP contribution in [-0.4, -0.2) is 52.0 Å². The SMILES string of the molecule is COc1cc(OC)cc(-n2nnnc2SCC(=O)Nc2ccc(NC(C)=O)cc2)c1. The summed E-state index contributed by atoms with van der Waals surface area (Å²) in [6.07, 6.45) is 0. The zero-order valence-corrected chi connectivity index (χ0v) is 17.4. The molecule has 2 N–H and O–H groups in total. The maximum atomic E-state index is 12.3. The van der Waals surface area contributed by atoms with E-state index in [4.69, 9.17) is 9.47 Å². The van der Waals surface area contributed by atoms with Crippen molar-refractivity contribution in [1.29, 1.82) is 0 Å². The Balaban J connectivity index is 1.64. The number of methoxy groups -OCH3 is 2.